The van der Waals surface area contributed by atoms with Crippen molar-refractivity contribution in [2.45, 2.75) is 26.9 Å². The van der Waals surface area contributed by atoms with Crippen LogP contribution in [-0.4, -0.2) is 24.8 Å². The molecule has 0 aliphatic carbocycles. The molecule has 1 N–H and O–H groups in total. The molecule has 1 amide bonds. The molecule has 2 aromatic carbocycles. The number of carbonyl (C=O) groups is 1. The molecular weight excluding hydrogens is 504 g/mol. The zero-order valence-corrected chi connectivity index (χ0v) is 19.3. The zero-order valence-electron chi connectivity index (χ0n) is 16.2. The summed E-state index contributed by atoms with van der Waals surface area (Å²) in [6.07, 6.45) is 1.54. The van der Waals surface area contributed by atoms with Crippen LogP contribution in [0.25, 0.3) is 11.0 Å². The number of hydrogen-bond acceptors (Lipinski definition) is 5. The van der Waals surface area contributed by atoms with Crippen LogP contribution in [0.5, 0.6) is 11.5 Å². The lowest BCUT2D eigenvalue weighted by atomic mass is 10.2. The van der Waals surface area contributed by atoms with Crippen LogP contribution in [0.1, 0.15) is 36.9 Å². The number of benzene rings is 2. The summed E-state index contributed by atoms with van der Waals surface area (Å²) >= 11 is 6.91. The molecule has 0 saturated heterocycles. The first-order valence-electron chi connectivity index (χ1n) is 9.03. The first-order chi connectivity index (χ1) is 13.9. The average Bonchev–Trinajstić information content (AvgIpc) is 3.07. The number of ether oxygens (including phenoxy) is 2. The Morgan fingerprint density at radius 3 is 2.76 bits per heavy atom. The van der Waals surface area contributed by atoms with Gasteiger partial charge in [-0.05, 0) is 78.7 Å². The van der Waals surface area contributed by atoms with E-state index < -0.39 is 5.91 Å². The number of hydrogen-bond donors (Lipinski definition) is 1. The molecule has 0 spiro atoms. The number of amides is 1. The quantitative estimate of drug-likeness (QED) is 0.308. The van der Waals surface area contributed by atoms with Crippen molar-refractivity contribution in [3.8, 4) is 11.5 Å². The highest BCUT2D eigenvalue weighted by Gasteiger charge is 2.14. The van der Waals surface area contributed by atoms with Gasteiger partial charge in [-0.3, -0.25) is 4.79 Å². The number of nitrogens with zero attached hydrogens (tertiary/aromatic N) is 1. The summed E-state index contributed by atoms with van der Waals surface area (Å²) in [5.74, 6) is 0.993. The van der Waals surface area contributed by atoms with Crippen LogP contribution in [-0.2, 0) is 0 Å². The molecule has 3 rings (SSSR count). The SMILES string of the molecule is CCOc1cc(/C=N/NC(=O)c2cc3cc(Br)ccc3o2)cc(Br)c1OC(C)C. The summed E-state index contributed by atoms with van der Waals surface area (Å²) in [5.41, 5.74) is 3.85. The second kappa shape index (κ2) is 9.45. The monoisotopic (exact) mass is 522 g/mol. The molecule has 0 radical (unpaired) electrons. The summed E-state index contributed by atoms with van der Waals surface area (Å²) < 4.78 is 18.7. The molecule has 0 bridgehead atoms. The molecule has 1 aromatic heterocycles. The first kappa shape index (κ1) is 21.4. The Morgan fingerprint density at radius 2 is 2.03 bits per heavy atom. The van der Waals surface area contributed by atoms with Crippen molar-refractivity contribution in [1.82, 2.24) is 5.43 Å². The molecule has 1 heterocycles. The fourth-order valence-electron chi connectivity index (χ4n) is 2.62. The van der Waals surface area contributed by atoms with E-state index in [1.54, 1.807) is 18.2 Å². The van der Waals surface area contributed by atoms with Gasteiger partial charge in [0.1, 0.15) is 5.58 Å². The Bertz CT molecular complexity index is 1060. The molecule has 6 nitrogen and oxygen atoms in total. The molecule has 0 unspecified atom stereocenters. The maximum absolute atomic E-state index is 12.3. The van der Waals surface area contributed by atoms with Crippen molar-refractivity contribution in [2.24, 2.45) is 5.10 Å². The van der Waals surface area contributed by atoms with Crippen LogP contribution in [0.15, 0.2) is 54.9 Å². The second-order valence-corrected chi connectivity index (χ2v) is 8.19. The van der Waals surface area contributed by atoms with Crippen molar-refractivity contribution < 1.29 is 18.7 Å². The summed E-state index contributed by atoms with van der Waals surface area (Å²) in [7, 11) is 0. The summed E-state index contributed by atoms with van der Waals surface area (Å²) in [6.45, 7) is 6.30. The van der Waals surface area contributed by atoms with E-state index in [9.17, 15) is 4.79 Å². The molecular formula is C21H20Br2N2O4. The Kier molecular flexibility index (Phi) is 6.97. The third-order valence-electron chi connectivity index (χ3n) is 3.77. The highest BCUT2D eigenvalue weighted by molar-refractivity contribution is 9.10. The van der Waals surface area contributed by atoms with Gasteiger partial charge in [-0.25, -0.2) is 5.43 Å². The van der Waals surface area contributed by atoms with Crippen molar-refractivity contribution in [3.05, 3.63) is 56.7 Å². The molecule has 0 saturated carbocycles. The molecule has 0 fully saturated rings. The van der Waals surface area contributed by atoms with E-state index in [4.69, 9.17) is 13.9 Å². The summed E-state index contributed by atoms with van der Waals surface area (Å²) in [6, 6.07) is 10.9. The van der Waals surface area contributed by atoms with Crippen LogP contribution < -0.4 is 14.9 Å². The van der Waals surface area contributed by atoms with E-state index in [2.05, 4.69) is 42.4 Å². The number of furan rings is 1. The lowest BCUT2D eigenvalue weighted by molar-refractivity contribution is 0.0929. The number of hydrazone groups is 1. The number of rotatable bonds is 7. The van der Waals surface area contributed by atoms with Crippen LogP contribution in [0, 0.1) is 0 Å². The van der Waals surface area contributed by atoms with Gasteiger partial charge in [0.2, 0.25) is 0 Å². The first-order valence-corrected chi connectivity index (χ1v) is 10.6. The Labute approximate surface area is 185 Å². The average molecular weight is 524 g/mol. The fraction of sp³-hybridized carbons (Fsp3) is 0.238. The van der Waals surface area contributed by atoms with E-state index in [-0.39, 0.29) is 11.9 Å². The summed E-state index contributed by atoms with van der Waals surface area (Å²) in [5, 5.41) is 4.86. The van der Waals surface area contributed by atoms with Gasteiger partial charge >= 0.3 is 5.91 Å². The van der Waals surface area contributed by atoms with Gasteiger partial charge in [-0.1, -0.05) is 15.9 Å². The minimum atomic E-state index is -0.433. The third kappa shape index (κ3) is 5.39. The topological polar surface area (TPSA) is 73.1 Å². The van der Waals surface area contributed by atoms with Crippen LogP contribution in [0.3, 0.4) is 0 Å². The van der Waals surface area contributed by atoms with E-state index in [1.807, 2.05) is 39.0 Å². The number of carbonyl (C=O) groups excluding carboxylic acids is 1. The molecule has 8 heteroatoms. The van der Waals surface area contributed by atoms with Gasteiger partial charge in [0, 0.05) is 9.86 Å². The van der Waals surface area contributed by atoms with Crippen LogP contribution in [0.2, 0.25) is 0 Å². The van der Waals surface area contributed by atoms with Crippen molar-refractivity contribution >= 4 is 55.0 Å². The third-order valence-corrected chi connectivity index (χ3v) is 4.85. The highest BCUT2D eigenvalue weighted by Crippen LogP contribution is 2.37. The predicted molar refractivity (Wildman–Crippen MR) is 120 cm³/mol. The predicted octanol–water partition coefficient (Wildman–Crippen LogP) is 5.91. The lowest BCUT2D eigenvalue weighted by Gasteiger charge is -2.16. The zero-order chi connectivity index (χ0) is 21.0. The van der Waals surface area contributed by atoms with Crippen LogP contribution in [0.4, 0.5) is 0 Å². The van der Waals surface area contributed by atoms with Gasteiger partial charge in [-0.15, -0.1) is 0 Å². The Morgan fingerprint density at radius 1 is 1.24 bits per heavy atom. The Hall–Kier alpha value is -2.32. The van der Waals surface area contributed by atoms with Crippen molar-refractivity contribution in [3.63, 3.8) is 0 Å². The van der Waals surface area contributed by atoms with Crippen molar-refractivity contribution in [2.75, 3.05) is 6.61 Å². The molecule has 0 aliphatic heterocycles. The molecule has 3 aromatic rings. The fourth-order valence-corrected chi connectivity index (χ4v) is 3.55. The number of halogens is 2. The highest BCUT2D eigenvalue weighted by atomic mass is 79.9. The second-order valence-electron chi connectivity index (χ2n) is 6.42. The minimum Gasteiger partial charge on any atom is -0.490 e. The van der Waals surface area contributed by atoms with Crippen LogP contribution >= 0.6 is 31.9 Å². The maximum Gasteiger partial charge on any atom is 0.307 e. The van der Waals surface area contributed by atoms with Gasteiger partial charge < -0.3 is 13.9 Å². The largest absolute Gasteiger partial charge is 0.490 e. The van der Waals surface area contributed by atoms with E-state index in [0.717, 1.165) is 19.9 Å². The lowest BCUT2D eigenvalue weighted by Crippen LogP contribution is -2.16. The molecule has 29 heavy (non-hydrogen) atoms. The standard InChI is InChI=1S/C21H20Br2N2O4/c1-4-27-18-8-13(7-16(23)20(18)28-12(2)3)11-24-25-21(26)19-10-14-9-15(22)5-6-17(14)29-19/h5-12H,4H2,1-3H3,(H,25,26)/b24-11+. The normalized spacial score (nSPS) is 11.4. The van der Waals surface area contributed by atoms with Gasteiger partial charge in [-0.2, -0.15) is 5.10 Å². The molecule has 152 valence electrons. The van der Waals surface area contributed by atoms with E-state index >= 15 is 0 Å². The minimum absolute atomic E-state index is 0.00810. The molecule has 0 atom stereocenters. The van der Waals surface area contributed by atoms with Gasteiger partial charge in [0.25, 0.3) is 0 Å². The summed E-state index contributed by atoms with van der Waals surface area (Å²) in [4.78, 5) is 12.3. The van der Waals surface area contributed by atoms with Gasteiger partial charge in [0.15, 0.2) is 17.3 Å². The number of nitrogens with one attached hydrogen (secondary N) is 1. The van der Waals surface area contributed by atoms with Gasteiger partial charge in [0.05, 0.1) is 23.4 Å². The van der Waals surface area contributed by atoms with Crippen molar-refractivity contribution in [1.29, 1.82) is 0 Å². The Balaban J connectivity index is 1.75. The van der Waals surface area contributed by atoms with E-state index in [1.165, 1.54) is 6.21 Å². The van der Waals surface area contributed by atoms with E-state index in [0.29, 0.717) is 23.7 Å². The molecule has 0 aliphatic rings. The smallest absolute Gasteiger partial charge is 0.307 e. The number of fused-ring (bicyclic) bond motifs is 1. The maximum atomic E-state index is 12.3.